The number of carbonyl (C=O) groups excluding carboxylic acids is 1. The molecule has 0 aliphatic heterocycles. The standard InChI is InChI=1S/C15H15N5O/c1-2-8-17-15(21)12(10-16)9-14-18-11-19-20(14)13-6-4-3-5-7-13/h3-7,9,11H,2,8H2,1H3,(H,17,21)/b12-9+. The minimum Gasteiger partial charge on any atom is -0.351 e. The lowest BCUT2D eigenvalue weighted by Gasteiger charge is -2.04. The highest BCUT2D eigenvalue weighted by Crippen LogP contribution is 2.10. The lowest BCUT2D eigenvalue weighted by molar-refractivity contribution is -0.117. The van der Waals surface area contributed by atoms with Crippen LogP contribution >= 0.6 is 0 Å². The monoisotopic (exact) mass is 281 g/mol. The van der Waals surface area contributed by atoms with Gasteiger partial charge in [-0.15, -0.1) is 0 Å². The third-order valence-electron chi connectivity index (χ3n) is 2.75. The smallest absolute Gasteiger partial charge is 0.262 e. The Morgan fingerprint density at radius 2 is 2.19 bits per heavy atom. The highest BCUT2D eigenvalue weighted by Gasteiger charge is 2.11. The van der Waals surface area contributed by atoms with Crippen molar-refractivity contribution in [3.8, 4) is 11.8 Å². The van der Waals surface area contributed by atoms with Crippen molar-refractivity contribution >= 4 is 12.0 Å². The third kappa shape index (κ3) is 3.54. The van der Waals surface area contributed by atoms with E-state index in [1.165, 1.54) is 12.4 Å². The second-order valence-corrected chi connectivity index (χ2v) is 4.29. The minimum atomic E-state index is -0.401. The van der Waals surface area contributed by atoms with Gasteiger partial charge in [0.25, 0.3) is 5.91 Å². The third-order valence-corrected chi connectivity index (χ3v) is 2.75. The first-order chi connectivity index (χ1) is 10.3. The summed E-state index contributed by atoms with van der Waals surface area (Å²) >= 11 is 0. The molecule has 0 spiro atoms. The largest absolute Gasteiger partial charge is 0.351 e. The molecule has 6 nitrogen and oxygen atoms in total. The molecule has 6 heteroatoms. The predicted octanol–water partition coefficient (Wildman–Crippen LogP) is 1.70. The molecular weight excluding hydrogens is 266 g/mol. The van der Waals surface area contributed by atoms with Crippen LogP contribution in [0.2, 0.25) is 0 Å². The summed E-state index contributed by atoms with van der Waals surface area (Å²) in [6.07, 6.45) is 3.63. The van der Waals surface area contributed by atoms with Gasteiger partial charge in [-0.1, -0.05) is 25.1 Å². The van der Waals surface area contributed by atoms with Gasteiger partial charge in [-0.3, -0.25) is 4.79 Å². The number of nitriles is 1. The fourth-order valence-electron chi connectivity index (χ4n) is 1.73. The molecule has 1 aromatic heterocycles. The van der Waals surface area contributed by atoms with E-state index in [0.717, 1.165) is 12.1 Å². The van der Waals surface area contributed by atoms with Crippen LogP contribution in [0.15, 0.2) is 42.2 Å². The molecule has 0 unspecified atom stereocenters. The molecule has 21 heavy (non-hydrogen) atoms. The number of benzene rings is 1. The van der Waals surface area contributed by atoms with Gasteiger partial charge in [0.1, 0.15) is 18.0 Å². The number of nitrogens with one attached hydrogen (secondary N) is 1. The molecule has 0 aliphatic carbocycles. The van der Waals surface area contributed by atoms with Crippen LogP contribution in [0.3, 0.4) is 0 Å². The van der Waals surface area contributed by atoms with Crippen LogP contribution in [0.5, 0.6) is 0 Å². The topological polar surface area (TPSA) is 83.6 Å². The number of aromatic nitrogens is 3. The molecule has 0 aliphatic rings. The molecule has 2 rings (SSSR count). The molecule has 0 saturated heterocycles. The fraction of sp³-hybridized carbons (Fsp3) is 0.200. The molecule has 106 valence electrons. The lowest BCUT2D eigenvalue weighted by Crippen LogP contribution is -2.25. The SMILES string of the molecule is CCCNC(=O)/C(C#N)=C/c1ncnn1-c1ccccc1. The van der Waals surface area contributed by atoms with Crippen molar-refractivity contribution < 1.29 is 4.79 Å². The summed E-state index contributed by atoms with van der Waals surface area (Å²) in [6, 6.07) is 11.3. The molecule has 2 aromatic rings. The molecule has 0 saturated carbocycles. The zero-order valence-corrected chi connectivity index (χ0v) is 11.7. The average Bonchev–Trinajstić information content (AvgIpc) is 2.99. The van der Waals surface area contributed by atoms with Gasteiger partial charge < -0.3 is 5.32 Å². The van der Waals surface area contributed by atoms with Crippen LogP contribution in [-0.4, -0.2) is 27.2 Å². The van der Waals surface area contributed by atoms with Crippen LogP contribution in [0.4, 0.5) is 0 Å². The average molecular weight is 281 g/mol. The fourth-order valence-corrected chi connectivity index (χ4v) is 1.73. The first-order valence-electron chi connectivity index (χ1n) is 6.61. The summed E-state index contributed by atoms with van der Waals surface area (Å²) in [5.74, 6) is 0.0337. The number of amides is 1. The van der Waals surface area contributed by atoms with Gasteiger partial charge in [0.15, 0.2) is 5.82 Å². The molecule has 1 aromatic carbocycles. The van der Waals surface area contributed by atoms with Gasteiger partial charge in [-0.2, -0.15) is 10.4 Å². The first kappa shape index (κ1) is 14.5. The van der Waals surface area contributed by atoms with Crippen LogP contribution in [-0.2, 0) is 4.79 Å². The lowest BCUT2D eigenvalue weighted by atomic mass is 10.2. The number of hydrogen-bond donors (Lipinski definition) is 1. The van der Waals surface area contributed by atoms with Crippen LogP contribution in [0.25, 0.3) is 11.8 Å². The minimum absolute atomic E-state index is 0.00799. The Labute approximate surface area is 122 Å². The molecular formula is C15H15N5O. The highest BCUT2D eigenvalue weighted by atomic mass is 16.1. The van der Waals surface area contributed by atoms with E-state index in [2.05, 4.69) is 15.4 Å². The van der Waals surface area contributed by atoms with E-state index in [0.29, 0.717) is 12.4 Å². The van der Waals surface area contributed by atoms with Crippen LogP contribution in [0, 0.1) is 11.3 Å². The molecule has 0 bridgehead atoms. The quantitative estimate of drug-likeness (QED) is 0.668. The molecule has 0 radical (unpaired) electrons. The van der Waals surface area contributed by atoms with Crippen molar-refractivity contribution in [1.82, 2.24) is 20.1 Å². The van der Waals surface area contributed by atoms with E-state index in [1.54, 1.807) is 4.68 Å². The zero-order chi connectivity index (χ0) is 15.1. The van der Waals surface area contributed by atoms with Crippen molar-refractivity contribution in [3.05, 3.63) is 48.1 Å². The Hall–Kier alpha value is -2.94. The molecule has 0 fully saturated rings. The Kier molecular flexibility index (Phi) is 4.83. The van der Waals surface area contributed by atoms with Crippen molar-refractivity contribution in [2.24, 2.45) is 0 Å². The van der Waals surface area contributed by atoms with Gasteiger partial charge in [0, 0.05) is 12.6 Å². The maximum Gasteiger partial charge on any atom is 0.262 e. The summed E-state index contributed by atoms with van der Waals surface area (Å²) < 4.78 is 1.57. The second kappa shape index (κ2) is 7.01. The van der Waals surface area contributed by atoms with E-state index in [1.807, 2.05) is 43.3 Å². The number of para-hydroxylation sites is 1. The molecule has 0 atom stereocenters. The second-order valence-electron chi connectivity index (χ2n) is 4.29. The van der Waals surface area contributed by atoms with Crippen molar-refractivity contribution in [2.45, 2.75) is 13.3 Å². The Morgan fingerprint density at radius 1 is 1.43 bits per heavy atom. The number of carbonyl (C=O) groups is 1. The van der Waals surface area contributed by atoms with Crippen LogP contribution in [0.1, 0.15) is 19.2 Å². The van der Waals surface area contributed by atoms with Gasteiger partial charge >= 0.3 is 0 Å². The molecule has 1 heterocycles. The van der Waals surface area contributed by atoms with Crippen molar-refractivity contribution in [3.63, 3.8) is 0 Å². The summed E-state index contributed by atoms with van der Waals surface area (Å²) in [6.45, 7) is 2.48. The summed E-state index contributed by atoms with van der Waals surface area (Å²) in [5.41, 5.74) is 0.820. The normalized spacial score (nSPS) is 11.0. The van der Waals surface area contributed by atoms with Gasteiger partial charge in [-0.25, -0.2) is 9.67 Å². The highest BCUT2D eigenvalue weighted by molar-refractivity contribution is 6.01. The predicted molar refractivity (Wildman–Crippen MR) is 78.2 cm³/mol. The van der Waals surface area contributed by atoms with E-state index >= 15 is 0 Å². The number of rotatable bonds is 5. The Morgan fingerprint density at radius 3 is 2.86 bits per heavy atom. The summed E-state index contributed by atoms with van der Waals surface area (Å²) in [4.78, 5) is 15.9. The Balaban J connectivity index is 2.31. The zero-order valence-electron chi connectivity index (χ0n) is 11.7. The summed E-state index contributed by atoms with van der Waals surface area (Å²) in [7, 11) is 0. The first-order valence-corrected chi connectivity index (χ1v) is 6.61. The maximum absolute atomic E-state index is 11.8. The van der Waals surface area contributed by atoms with Gasteiger partial charge in [0.2, 0.25) is 0 Å². The van der Waals surface area contributed by atoms with E-state index in [4.69, 9.17) is 5.26 Å². The Bertz CT molecular complexity index is 682. The number of nitrogens with zero attached hydrogens (tertiary/aromatic N) is 4. The van der Waals surface area contributed by atoms with E-state index < -0.39 is 5.91 Å². The van der Waals surface area contributed by atoms with E-state index in [9.17, 15) is 4.79 Å². The molecule has 1 N–H and O–H groups in total. The van der Waals surface area contributed by atoms with E-state index in [-0.39, 0.29) is 5.57 Å². The maximum atomic E-state index is 11.8. The number of hydrogen-bond acceptors (Lipinski definition) is 4. The molecule has 1 amide bonds. The van der Waals surface area contributed by atoms with Crippen molar-refractivity contribution in [1.29, 1.82) is 5.26 Å². The van der Waals surface area contributed by atoms with Crippen molar-refractivity contribution in [2.75, 3.05) is 6.54 Å². The van der Waals surface area contributed by atoms with Gasteiger partial charge in [0.05, 0.1) is 5.69 Å². The van der Waals surface area contributed by atoms with Crippen LogP contribution < -0.4 is 5.32 Å². The van der Waals surface area contributed by atoms with Gasteiger partial charge in [-0.05, 0) is 18.6 Å². The summed E-state index contributed by atoms with van der Waals surface area (Å²) in [5, 5.41) is 15.9.